The molecule has 1 saturated carbocycles. The first kappa shape index (κ1) is 16.1. The molecule has 4 rings (SSSR count). The molecular formula is C19H20N2O3S. The zero-order valence-electron chi connectivity index (χ0n) is 13.8. The summed E-state index contributed by atoms with van der Waals surface area (Å²) in [6.07, 6.45) is 3.18. The van der Waals surface area contributed by atoms with E-state index in [4.69, 9.17) is 0 Å². The standard InChI is InChI=1S/C19H20N2O3S/c22-19(14-5-2-1-3-6-14)21-12-4-7-15-13-16(8-11-18(15)21)20-25(23,24)17-9-10-17/h1-3,5-6,8,11,13,17,20H,4,7,9-10,12H2. The molecule has 5 nitrogen and oxygen atoms in total. The first-order valence-corrected chi connectivity index (χ1v) is 10.1. The second-order valence-corrected chi connectivity index (χ2v) is 8.58. The molecule has 0 unspecified atom stereocenters. The number of aryl methyl sites for hydroxylation is 1. The largest absolute Gasteiger partial charge is 0.308 e. The molecule has 130 valence electrons. The molecule has 25 heavy (non-hydrogen) atoms. The van der Waals surface area contributed by atoms with Crippen LogP contribution in [-0.4, -0.2) is 26.1 Å². The molecule has 2 aromatic rings. The molecule has 2 aromatic carbocycles. The van der Waals surface area contributed by atoms with Crippen LogP contribution in [0.5, 0.6) is 0 Å². The lowest BCUT2D eigenvalue weighted by Gasteiger charge is -2.30. The molecule has 0 spiro atoms. The van der Waals surface area contributed by atoms with Gasteiger partial charge in [-0.1, -0.05) is 18.2 Å². The number of nitrogens with one attached hydrogen (secondary N) is 1. The van der Waals surface area contributed by atoms with Crippen molar-refractivity contribution in [2.75, 3.05) is 16.2 Å². The zero-order chi connectivity index (χ0) is 17.4. The number of nitrogens with zero attached hydrogens (tertiary/aromatic N) is 1. The number of anilines is 2. The van der Waals surface area contributed by atoms with Gasteiger partial charge in [0.2, 0.25) is 10.0 Å². The fraction of sp³-hybridized carbons (Fsp3) is 0.316. The Hall–Kier alpha value is -2.34. The van der Waals surface area contributed by atoms with E-state index in [1.165, 1.54) is 0 Å². The summed E-state index contributed by atoms with van der Waals surface area (Å²) in [4.78, 5) is 14.6. The highest BCUT2D eigenvalue weighted by Gasteiger charge is 2.36. The van der Waals surface area contributed by atoms with Gasteiger partial charge in [0, 0.05) is 23.5 Å². The fourth-order valence-corrected chi connectivity index (χ4v) is 4.61. The number of hydrogen-bond donors (Lipinski definition) is 1. The van der Waals surface area contributed by atoms with Crippen molar-refractivity contribution >= 4 is 27.3 Å². The Labute approximate surface area is 147 Å². The number of fused-ring (bicyclic) bond motifs is 1. The Morgan fingerprint density at radius 2 is 1.84 bits per heavy atom. The van der Waals surface area contributed by atoms with Gasteiger partial charge in [0.1, 0.15) is 0 Å². The lowest BCUT2D eigenvalue weighted by atomic mass is 10.00. The minimum Gasteiger partial charge on any atom is -0.308 e. The van der Waals surface area contributed by atoms with E-state index in [0.717, 1.165) is 36.9 Å². The molecule has 0 atom stereocenters. The molecule has 0 bridgehead atoms. The number of carbonyl (C=O) groups is 1. The van der Waals surface area contributed by atoms with Gasteiger partial charge < -0.3 is 4.90 Å². The van der Waals surface area contributed by atoms with Crippen molar-refractivity contribution in [1.82, 2.24) is 0 Å². The van der Waals surface area contributed by atoms with Gasteiger partial charge in [-0.15, -0.1) is 0 Å². The van der Waals surface area contributed by atoms with Crippen LogP contribution in [0.1, 0.15) is 35.2 Å². The SMILES string of the molecule is O=C(c1ccccc1)N1CCCc2cc(NS(=O)(=O)C3CC3)ccc21. The van der Waals surface area contributed by atoms with Gasteiger partial charge >= 0.3 is 0 Å². The number of benzene rings is 2. The van der Waals surface area contributed by atoms with E-state index < -0.39 is 10.0 Å². The van der Waals surface area contributed by atoms with Crippen molar-refractivity contribution in [3.8, 4) is 0 Å². The lowest BCUT2D eigenvalue weighted by molar-refractivity contribution is 0.0985. The van der Waals surface area contributed by atoms with Crippen molar-refractivity contribution in [2.24, 2.45) is 0 Å². The minimum atomic E-state index is -3.27. The van der Waals surface area contributed by atoms with E-state index in [1.54, 1.807) is 11.0 Å². The van der Waals surface area contributed by atoms with E-state index in [-0.39, 0.29) is 11.2 Å². The third-order valence-electron chi connectivity index (χ3n) is 4.69. The summed E-state index contributed by atoms with van der Waals surface area (Å²) in [5, 5.41) is -0.250. The molecule has 1 amide bonds. The third kappa shape index (κ3) is 3.26. The number of rotatable bonds is 4. The lowest BCUT2D eigenvalue weighted by Crippen LogP contribution is -2.35. The summed E-state index contributed by atoms with van der Waals surface area (Å²) in [5.74, 6) is -0.0205. The van der Waals surface area contributed by atoms with Crippen LogP contribution < -0.4 is 9.62 Å². The van der Waals surface area contributed by atoms with Gasteiger partial charge in [0.05, 0.1) is 5.25 Å². The second kappa shape index (κ2) is 6.19. The van der Waals surface area contributed by atoms with Crippen LogP contribution in [0.2, 0.25) is 0 Å². The van der Waals surface area contributed by atoms with Crippen LogP contribution in [-0.2, 0) is 16.4 Å². The van der Waals surface area contributed by atoms with Gasteiger partial charge in [-0.25, -0.2) is 8.42 Å². The fourth-order valence-electron chi connectivity index (χ4n) is 3.23. The maximum absolute atomic E-state index is 12.8. The molecule has 2 aliphatic rings. The van der Waals surface area contributed by atoms with Crippen molar-refractivity contribution in [1.29, 1.82) is 0 Å². The average Bonchev–Trinajstić information content (AvgIpc) is 3.46. The van der Waals surface area contributed by atoms with Gasteiger partial charge in [-0.2, -0.15) is 0 Å². The van der Waals surface area contributed by atoms with Crippen molar-refractivity contribution in [3.63, 3.8) is 0 Å². The Kier molecular flexibility index (Phi) is 4.00. The number of hydrogen-bond acceptors (Lipinski definition) is 3. The Bertz CT molecular complexity index is 906. The van der Waals surface area contributed by atoms with Crippen molar-refractivity contribution in [2.45, 2.75) is 30.9 Å². The third-order valence-corrected chi connectivity index (χ3v) is 6.56. The molecule has 1 aliphatic heterocycles. The van der Waals surface area contributed by atoms with E-state index >= 15 is 0 Å². The maximum atomic E-state index is 12.8. The highest BCUT2D eigenvalue weighted by molar-refractivity contribution is 7.93. The van der Waals surface area contributed by atoms with Crippen molar-refractivity contribution in [3.05, 3.63) is 59.7 Å². The molecule has 1 fully saturated rings. The second-order valence-electron chi connectivity index (χ2n) is 6.62. The highest BCUT2D eigenvalue weighted by atomic mass is 32.2. The predicted octanol–water partition coefficient (Wildman–Crippen LogP) is 3.18. The normalized spacial score (nSPS) is 17.0. The topological polar surface area (TPSA) is 66.5 Å². The zero-order valence-corrected chi connectivity index (χ0v) is 14.6. The summed E-state index contributed by atoms with van der Waals surface area (Å²) in [6, 6.07) is 14.7. The quantitative estimate of drug-likeness (QED) is 0.915. The summed E-state index contributed by atoms with van der Waals surface area (Å²) < 4.78 is 26.9. The Morgan fingerprint density at radius 1 is 1.08 bits per heavy atom. The summed E-state index contributed by atoms with van der Waals surface area (Å²) >= 11 is 0. The maximum Gasteiger partial charge on any atom is 0.258 e. The predicted molar refractivity (Wildman–Crippen MR) is 98.4 cm³/mol. The van der Waals surface area contributed by atoms with Gasteiger partial charge in [0.15, 0.2) is 0 Å². The van der Waals surface area contributed by atoms with Gasteiger partial charge in [-0.05, 0) is 61.6 Å². The van der Waals surface area contributed by atoms with Crippen LogP contribution in [0.15, 0.2) is 48.5 Å². The summed E-state index contributed by atoms with van der Waals surface area (Å²) in [5.41, 5.74) is 3.12. The molecule has 0 radical (unpaired) electrons. The molecule has 6 heteroatoms. The molecule has 0 saturated heterocycles. The number of carbonyl (C=O) groups excluding carboxylic acids is 1. The van der Waals surface area contributed by atoms with Crippen molar-refractivity contribution < 1.29 is 13.2 Å². The first-order valence-electron chi connectivity index (χ1n) is 8.56. The summed E-state index contributed by atoms with van der Waals surface area (Å²) in [6.45, 7) is 0.674. The molecule has 0 aromatic heterocycles. The molecular weight excluding hydrogens is 336 g/mol. The Morgan fingerprint density at radius 3 is 2.56 bits per heavy atom. The number of amides is 1. The molecule has 1 aliphatic carbocycles. The van der Waals surface area contributed by atoms with E-state index in [9.17, 15) is 13.2 Å². The highest BCUT2D eigenvalue weighted by Crippen LogP contribution is 2.33. The molecule has 1 N–H and O–H groups in total. The first-order chi connectivity index (χ1) is 12.0. The van der Waals surface area contributed by atoms with Gasteiger partial charge in [0.25, 0.3) is 5.91 Å². The average molecular weight is 356 g/mol. The summed E-state index contributed by atoms with van der Waals surface area (Å²) in [7, 11) is -3.27. The Balaban J connectivity index is 1.61. The van der Waals surface area contributed by atoms with Crippen LogP contribution in [0.25, 0.3) is 0 Å². The van der Waals surface area contributed by atoms with Gasteiger partial charge in [-0.3, -0.25) is 9.52 Å². The van der Waals surface area contributed by atoms with E-state index in [1.807, 2.05) is 42.5 Å². The minimum absolute atomic E-state index is 0.0205. The van der Waals surface area contributed by atoms with E-state index in [0.29, 0.717) is 17.8 Å². The van der Waals surface area contributed by atoms with Crippen LogP contribution >= 0.6 is 0 Å². The van der Waals surface area contributed by atoms with Crippen LogP contribution in [0.4, 0.5) is 11.4 Å². The number of sulfonamides is 1. The van der Waals surface area contributed by atoms with Crippen LogP contribution in [0, 0.1) is 0 Å². The molecule has 1 heterocycles. The monoisotopic (exact) mass is 356 g/mol. The van der Waals surface area contributed by atoms with E-state index in [2.05, 4.69) is 4.72 Å². The smallest absolute Gasteiger partial charge is 0.258 e. The van der Waals surface area contributed by atoms with Crippen LogP contribution in [0.3, 0.4) is 0 Å².